The third-order valence-corrected chi connectivity index (χ3v) is 3.30. The third kappa shape index (κ3) is 5.76. The van der Waals surface area contributed by atoms with Gasteiger partial charge in [-0.1, -0.05) is 82.7 Å². The number of carbonyl (C=O) groups excluding carboxylic acids is 1. The molecule has 0 aliphatic carbocycles. The van der Waals surface area contributed by atoms with Gasteiger partial charge in [0.25, 0.3) is 0 Å². The van der Waals surface area contributed by atoms with Crippen LogP contribution in [-0.4, -0.2) is 5.78 Å². The minimum absolute atomic E-state index is 0.0318. The first-order valence-corrected chi connectivity index (χ1v) is 7.41. The van der Waals surface area contributed by atoms with E-state index in [0.717, 1.165) is 15.6 Å². The van der Waals surface area contributed by atoms with E-state index in [0.29, 0.717) is 0 Å². The van der Waals surface area contributed by atoms with Gasteiger partial charge in [0.2, 0.25) is 0 Å². The molecule has 0 saturated carbocycles. The highest BCUT2D eigenvalue weighted by Gasteiger charge is 1.90. The lowest BCUT2D eigenvalue weighted by atomic mass is 10.2. The molecule has 0 saturated heterocycles. The van der Waals surface area contributed by atoms with Gasteiger partial charge >= 0.3 is 0 Å². The van der Waals surface area contributed by atoms with E-state index < -0.39 is 0 Å². The maximum Gasteiger partial charge on any atom is 0.178 e. The van der Waals surface area contributed by atoms with Crippen LogP contribution in [0.3, 0.4) is 0 Å². The van der Waals surface area contributed by atoms with Crippen molar-refractivity contribution < 1.29 is 4.79 Å². The Balaban J connectivity index is 1.88. The first-order chi connectivity index (χ1) is 10.2. The molecule has 0 aliphatic rings. The normalized spacial score (nSPS) is 11.7. The van der Waals surface area contributed by atoms with Gasteiger partial charge in [0.05, 0.1) is 0 Å². The summed E-state index contributed by atoms with van der Waals surface area (Å²) < 4.78 is 1.02. The van der Waals surface area contributed by atoms with Gasteiger partial charge in [-0.15, -0.1) is 0 Å². The van der Waals surface area contributed by atoms with Gasteiger partial charge in [-0.25, -0.2) is 0 Å². The van der Waals surface area contributed by atoms with Crippen molar-refractivity contribution >= 4 is 33.9 Å². The van der Waals surface area contributed by atoms with E-state index in [1.165, 1.54) is 0 Å². The van der Waals surface area contributed by atoms with E-state index in [2.05, 4.69) is 15.9 Å². The van der Waals surface area contributed by atoms with Gasteiger partial charge < -0.3 is 0 Å². The fraction of sp³-hybridized carbons (Fsp3) is 0. The number of allylic oxidation sites excluding steroid dienone is 4. The molecule has 104 valence electrons. The average molecular weight is 339 g/mol. The Bertz CT molecular complexity index is 664. The van der Waals surface area contributed by atoms with E-state index in [9.17, 15) is 4.79 Å². The number of rotatable bonds is 5. The van der Waals surface area contributed by atoms with Gasteiger partial charge in [-0.3, -0.25) is 4.79 Å². The van der Waals surface area contributed by atoms with Crippen molar-refractivity contribution in [1.82, 2.24) is 0 Å². The molecule has 2 heteroatoms. The molecule has 0 unspecified atom stereocenters. The second-order valence-electron chi connectivity index (χ2n) is 4.42. The smallest absolute Gasteiger partial charge is 0.178 e. The Labute approximate surface area is 133 Å². The Morgan fingerprint density at radius 3 is 2.14 bits per heavy atom. The number of hydrogen-bond donors (Lipinski definition) is 0. The summed E-state index contributed by atoms with van der Waals surface area (Å²) >= 11 is 3.38. The molecular weight excluding hydrogens is 324 g/mol. The Morgan fingerprint density at radius 2 is 1.43 bits per heavy atom. The number of benzene rings is 2. The van der Waals surface area contributed by atoms with E-state index in [4.69, 9.17) is 0 Å². The quantitative estimate of drug-likeness (QED) is 0.534. The Kier molecular flexibility index (Phi) is 5.92. The number of ketones is 1. The molecule has 0 N–H and O–H groups in total. The summed E-state index contributed by atoms with van der Waals surface area (Å²) in [6.45, 7) is 0. The highest BCUT2D eigenvalue weighted by molar-refractivity contribution is 9.10. The molecule has 1 nitrogen and oxygen atoms in total. The van der Waals surface area contributed by atoms with Crippen LogP contribution in [0.1, 0.15) is 11.1 Å². The van der Waals surface area contributed by atoms with Crippen LogP contribution < -0.4 is 0 Å². The molecule has 0 aromatic heterocycles. The molecule has 0 radical (unpaired) electrons. The van der Waals surface area contributed by atoms with Crippen molar-refractivity contribution in [1.29, 1.82) is 0 Å². The van der Waals surface area contributed by atoms with Crippen LogP contribution >= 0.6 is 15.9 Å². The summed E-state index contributed by atoms with van der Waals surface area (Å²) in [5.41, 5.74) is 2.11. The number of hydrogen-bond acceptors (Lipinski definition) is 1. The summed E-state index contributed by atoms with van der Waals surface area (Å²) in [5.74, 6) is -0.0318. The van der Waals surface area contributed by atoms with Gasteiger partial charge in [0.1, 0.15) is 0 Å². The SMILES string of the molecule is O=C(/C=C/C=C/c1ccccc1)/C=C/c1ccc(Br)cc1. The first-order valence-electron chi connectivity index (χ1n) is 6.61. The Morgan fingerprint density at radius 1 is 0.762 bits per heavy atom. The van der Waals surface area contributed by atoms with Crippen molar-refractivity contribution in [3.8, 4) is 0 Å². The van der Waals surface area contributed by atoms with Crippen LogP contribution in [-0.2, 0) is 4.79 Å². The zero-order valence-corrected chi connectivity index (χ0v) is 13.0. The molecular formula is C19H15BrO. The van der Waals surface area contributed by atoms with Crippen LogP contribution in [0.25, 0.3) is 12.2 Å². The van der Waals surface area contributed by atoms with Gasteiger partial charge in [-0.2, -0.15) is 0 Å². The van der Waals surface area contributed by atoms with Gasteiger partial charge in [0.15, 0.2) is 5.78 Å². The lowest BCUT2D eigenvalue weighted by Crippen LogP contribution is -1.83. The summed E-state index contributed by atoms with van der Waals surface area (Å²) in [6, 6.07) is 17.8. The van der Waals surface area contributed by atoms with Crippen LogP contribution in [0.5, 0.6) is 0 Å². The standard InChI is InChI=1S/C19H15BrO/c20-18-13-10-17(11-14-18)12-15-19(21)9-5-4-8-16-6-2-1-3-7-16/h1-15H/b8-4+,9-5+,15-12+. The topological polar surface area (TPSA) is 17.1 Å². The molecule has 21 heavy (non-hydrogen) atoms. The molecule has 2 aromatic rings. The van der Waals surface area contributed by atoms with Gasteiger partial charge in [0, 0.05) is 4.47 Å². The third-order valence-electron chi connectivity index (χ3n) is 2.77. The maximum absolute atomic E-state index is 11.7. The Hall–Kier alpha value is -2.19. The van der Waals surface area contributed by atoms with Crippen molar-refractivity contribution in [3.63, 3.8) is 0 Å². The number of halogens is 1. The molecule has 0 bridgehead atoms. The van der Waals surface area contributed by atoms with Crippen molar-refractivity contribution in [2.45, 2.75) is 0 Å². The molecule has 2 aromatic carbocycles. The number of carbonyl (C=O) groups is 1. The molecule has 0 amide bonds. The molecule has 2 rings (SSSR count). The van der Waals surface area contributed by atoms with Crippen molar-refractivity contribution in [2.75, 3.05) is 0 Å². The molecule has 0 fully saturated rings. The van der Waals surface area contributed by atoms with Crippen LogP contribution in [0.15, 0.2) is 83.4 Å². The monoisotopic (exact) mass is 338 g/mol. The summed E-state index contributed by atoms with van der Waals surface area (Å²) in [5, 5.41) is 0. The van der Waals surface area contributed by atoms with E-state index in [1.54, 1.807) is 24.3 Å². The van der Waals surface area contributed by atoms with Crippen LogP contribution in [0, 0.1) is 0 Å². The van der Waals surface area contributed by atoms with Crippen molar-refractivity contribution in [3.05, 3.63) is 94.5 Å². The largest absolute Gasteiger partial charge is 0.290 e. The zero-order chi connectivity index (χ0) is 14.9. The van der Waals surface area contributed by atoms with E-state index in [1.807, 2.05) is 66.7 Å². The maximum atomic E-state index is 11.7. The van der Waals surface area contributed by atoms with E-state index in [-0.39, 0.29) is 5.78 Å². The summed E-state index contributed by atoms with van der Waals surface area (Å²) in [6.07, 6.45) is 10.5. The minimum Gasteiger partial charge on any atom is -0.290 e. The first kappa shape index (κ1) is 15.2. The summed E-state index contributed by atoms with van der Waals surface area (Å²) in [7, 11) is 0. The highest BCUT2D eigenvalue weighted by Crippen LogP contribution is 2.11. The lowest BCUT2D eigenvalue weighted by molar-refractivity contribution is -0.110. The highest BCUT2D eigenvalue weighted by atomic mass is 79.9. The van der Waals surface area contributed by atoms with Gasteiger partial charge in [-0.05, 0) is 35.4 Å². The summed E-state index contributed by atoms with van der Waals surface area (Å²) in [4.78, 5) is 11.7. The fourth-order valence-corrected chi connectivity index (χ4v) is 1.95. The average Bonchev–Trinajstić information content (AvgIpc) is 2.52. The van der Waals surface area contributed by atoms with Crippen LogP contribution in [0.4, 0.5) is 0 Å². The second kappa shape index (κ2) is 8.18. The molecule has 0 heterocycles. The fourth-order valence-electron chi connectivity index (χ4n) is 1.69. The second-order valence-corrected chi connectivity index (χ2v) is 5.33. The predicted molar refractivity (Wildman–Crippen MR) is 92.8 cm³/mol. The molecule has 0 spiro atoms. The van der Waals surface area contributed by atoms with E-state index >= 15 is 0 Å². The predicted octanol–water partition coefficient (Wildman–Crippen LogP) is 5.30. The minimum atomic E-state index is -0.0318. The molecule has 0 aliphatic heterocycles. The van der Waals surface area contributed by atoms with Crippen LogP contribution in [0.2, 0.25) is 0 Å². The molecule has 0 atom stereocenters. The van der Waals surface area contributed by atoms with Crippen molar-refractivity contribution in [2.24, 2.45) is 0 Å². The lowest BCUT2D eigenvalue weighted by Gasteiger charge is -1.92. The zero-order valence-electron chi connectivity index (χ0n) is 11.4.